The van der Waals surface area contributed by atoms with Gasteiger partial charge < -0.3 is 19.5 Å². The molecule has 4 rings (SSSR count). The highest BCUT2D eigenvalue weighted by molar-refractivity contribution is 6.16. The number of carbonyl (C=O) groups is 2. The molecule has 6 nitrogen and oxygen atoms in total. The van der Waals surface area contributed by atoms with E-state index in [0.717, 1.165) is 38.8 Å². The summed E-state index contributed by atoms with van der Waals surface area (Å²) in [6, 6.07) is 8.87. The number of hydrogen-bond acceptors (Lipinski definition) is 6. The third-order valence-corrected chi connectivity index (χ3v) is 5.45. The predicted molar refractivity (Wildman–Crippen MR) is 109 cm³/mol. The number of ether oxygens (including phenoxy) is 2. The molecule has 1 N–H and O–H groups in total. The topological polar surface area (TPSA) is 76.1 Å². The van der Waals surface area contributed by atoms with E-state index < -0.39 is 5.97 Å². The van der Waals surface area contributed by atoms with Crippen molar-refractivity contribution in [3.63, 3.8) is 0 Å². The maximum atomic E-state index is 13.5. The van der Waals surface area contributed by atoms with Crippen LogP contribution in [-0.4, -0.2) is 36.6 Å². The Balaban J connectivity index is 1.98. The molecule has 2 heterocycles. The number of carbonyl (C=O) groups excluding carboxylic acids is 2. The van der Waals surface area contributed by atoms with E-state index in [1.165, 1.54) is 6.92 Å². The minimum absolute atomic E-state index is 0.0648. The van der Waals surface area contributed by atoms with Gasteiger partial charge in [-0.25, -0.2) is 0 Å². The molecule has 2 aromatic rings. The van der Waals surface area contributed by atoms with Gasteiger partial charge in [0.05, 0.1) is 17.9 Å². The lowest BCUT2D eigenvalue weighted by Crippen LogP contribution is -2.32. The summed E-state index contributed by atoms with van der Waals surface area (Å²) in [5.74, 6) is -0.195. The van der Waals surface area contributed by atoms with Crippen LogP contribution in [0.15, 0.2) is 30.3 Å². The van der Waals surface area contributed by atoms with Gasteiger partial charge in [0.2, 0.25) is 0 Å². The van der Waals surface area contributed by atoms with Crippen LogP contribution in [0.4, 0.5) is 5.69 Å². The number of benzene rings is 2. The number of piperidine rings is 1. The smallest absolute Gasteiger partial charge is 0.308 e. The first-order valence-corrected chi connectivity index (χ1v) is 10.2. The number of aromatic hydroxyl groups is 1. The van der Waals surface area contributed by atoms with Crippen LogP contribution in [0.2, 0.25) is 0 Å². The summed E-state index contributed by atoms with van der Waals surface area (Å²) in [6.45, 7) is 3.26. The highest BCUT2D eigenvalue weighted by atomic mass is 16.6. The fraction of sp³-hybridized carbons (Fsp3) is 0.391. The van der Waals surface area contributed by atoms with Crippen molar-refractivity contribution in [1.82, 2.24) is 0 Å². The van der Waals surface area contributed by atoms with Crippen molar-refractivity contribution < 1.29 is 24.2 Å². The van der Waals surface area contributed by atoms with E-state index >= 15 is 0 Å². The number of hydrogen-bond donors (Lipinski definition) is 1. The molecule has 152 valence electrons. The maximum absolute atomic E-state index is 13.5. The SMILES string of the molecule is CC(=O)Oc1c2c(c(O)c(C(=O)c3ccccc3)c1N1CCCCC1)CCCO2. The van der Waals surface area contributed by atoms with Gasteiger partial charge in [-0.2, -0.15) is 0 Å². The minimum Gasteiger partial charge on any atom is -0.507 e. The lowest BCUT2D eigenvalue weighted by atomic mass is 9.92. The van der Waals surface area contributed by atoms with Gasteiger partial charge in [0, 0.05) is 31.1 Å². The molecule has 2 aromatic carbocycles. The number of rotatable bonds is 4. The first-order valence-electron chi connectivity index (χ1n) is 10.2. The van der Waals surface area contributed by atoms with E-state index in [2.05, 4.69) is 0 Å². The number of ketones is 1. The van der Waals surface area contributed by atoms with Crippen LogP contribution in [0.3, 0.4) is 0 Å². The molecule has 29 heavy (non-hydrogen) atoms. The Kier molecular flexibility index (Phi) is 5.43. The van der Waals surface area contributed by atoms with E-state index in [-0.39, 0.29) is 22.8 Å². The van der Waals surface area contributed by atoms with Gasteiger partial charge in [-0.3, -0.25) is 9.59 Å². The second kappa shape index (κ2) is 8.15. The molecule has 0 amide bonds. The average Bonchev–Trinajstić information content (AvgIpc) is 2.76. The van der Waals surface area contributed by atoms with Crippen molar-refractivity contribution >= 4 is 17.4 Å². The summed E-state index contributed by atoms with van der Waals surface area (Å²) in [7, 11) is 0. The quantitative estimate of drug-likeness (QED) is 0.481. The van der Waals surface area contributed by atoms with Crippen LogP contribution in [0.25, 0.3) is 0 Å². The van der Waals surface area contributed by atoms with Crippen LogP contribution >= 0.6 is 0 Å². The number of anilines is 1. The van der Waals surface area contributed by atoms with E-state index in [9.17, 15) is 14.7 Å². The van der Waals surface area contributed by atoms with Crippen LogP contribution < -0.4 is 14.4 Å². The van der Waals surface area contributed by atoms with Crippen molar-refractivity contribution in [3.8, 4) is 17.2 Å². The molecule has 0 bridgehead atoms. The molecule has 0 radical (unpaired) electrons. The van der Waals surface area contributed by atoms with Gasteiger partial charge >= 0.3 is 5.97 Å². The van der Waals surface area contributed by atoms with E-state index in [0.29, 0.717) is 35.6 Å². The summed E-state index contributed by atoms with van der Waals surface area (Å²) in [5, 5.41) is 11.2. The Morgan fingerprint density at radius 3 is 2.48 bits per heavy atom. The molecule has 1 saturated heterocycles. The average molecular weight is 395 g/mol. The normalized spacial score (nSPS) is 16.0. The largest absolute Gasteiger partial charge is 0.507 e. The fourth-order valence-electron chi connectivity index (χ4n) is 4.14. The number of phenols is 1. The van der Waals surface area contributed by atoms with Crippen LogP contribution in [0, 0.1) is 0 Å². The molecule has 2 aliphatic heterocycles. The van der Waals surface area contributed by atoms with Gasteiger partial charge in [-0.15, -0.1) is 0 Å². The van der Waals surface area contributed by atoms with Crippen LogP contribution in [0.5, 0.6) is 17.2 Å². The molecule has 0 atom stereocenters. The van der Waals surface area contributed by atoms with Crippen molar-refractivity contribution in [2.24, 2.45) is 0 Å². The molecule has 0 saturated carbocycles. The Hall–Kier alpha value is -3.02. The van der Waals surface area contributed by atoms with Gasteiger partial charge in [0.15, 0.2) is 17.3 Å². The molecular weight excluding hydrogens is 370 g/mol. The molecule has 6 heteroatoms. The maximum Gasteiger partial charge on any atom is 0.308 e. The van der Waals surface area contributed by atoms with Crippen molar-refractivity contribution in [1.29, 1.82) is 0 Å². The predicted octanol–water partition coefficient (Wildman–Crippen LogP) is 3.86. The number of nitrogens with zero attached hydrogens (tertiary/aromatic N) is 1. The van der Waals surface area contributed by atoms with Crippen LogP contribution in [0.1, 0.15) is 54.1 Å². The zero-order chi connectivity index (χ0) is 20.4. The highest BCUT2D eigenvalue weighted by Gasteiger charge is 2.35. The Morgan fingerprint density at radius 2 is 1.79 bits per heavy atom. The second-order valence-electron chi connectivity index (χ2n) is 7.50. The summed E-state index contributed by atoms with van der Waals surface area (Å²) >= 11 is 0. The van der Waals surface area contributed by atoms with Gasteiger partial charge in [0.25, 0.3) is 0 Å². The van der Waals surface area contributed by atoms with Gasteiger partial charge in [-0.1, -0.05) is 30.3 Å². The zero-order valence-electron chi connectivity index (χ0n) is 16.6. The fourth-order valence-corrected chi connectivity index (χ4v) is 4.14. The third kappa shape index (κ3) is 3.67. The summed E-state index contributed by atoms with van der Waals surface area (Å²) in [5.41, 5.74) is 1.67. The van der Waals surface area contributed by atoms with Crippen LogP contribution in [-0.2, 0) is 11.2 Å². The standard InChI is InChI=1S/C23H25NO5/c1-15(25)29-23-19(24-12-6-3-7-13-24)18(20(26)16-9-4-2-5-10-16)21(27)17-11-8-14-28-22(17)23/h2,4-5,9-10,27H,3,6-8,11-14H2,1H3. The highest BCUT2D eigenvalue weighted by Crippen LogP contribution is 2.51. The van der Waals surface area contributed by atoms with Crippen molar-refractivity contribution in [3.05, 3.63) is 47.0 Å². The Labute approximate surface area is 170 Å². The van der Waals surface area contributed by atoms with E-state index in [4.69, 9.17) is 9.47 Å². The minimum atomic E-state index is -0.483. The van der Waals surface area contributed by atoms with Crippen molar-refractivity contribution in [2.45, 2.75) is 39.0 Å². The number of fused-ring (bicyclic) bond motifs is 1. The molecule has 1 fully saturated rings. The summed E-state index contributed by atoms with van der Waals surface area (Å²) in [6.07, 6.45) is 4.33. The Morgan fingerprint density at radius 1 is 1.07 bits per heavy atom. The third-order valence-electron chi connectivity index (χ3n) is 5.45. The monoisotopic (exact) mass is 395 g/mol. The molecular formula is C23H25NO5. The first kappa shape index (κ1) is 19.3. The molecule has 2 aliphatic rings. The molecule has 0 aromatic heterocycles. The summed E-state index contributed by atoms with van der Waals surface area (Å²) < 4.78 is 11.4. The molecule has 0 spiro atoms. The first-order chi connectivity index (χ1) is 14.1. The lowest BCUT2D eigenvalue weighted by Gasteiger charge is -2.34. The van der Waals surface area contributed by atoms with Gasteiger partial charge in [-0.05, 0) is 32.1 Å². The van der Waals surface area contributed by atoms with Gasteiger partial charge in [0.1, 0.15) is 5.75 Å². The van der Waals surface area contributed by atoms with Crippen molar-refractivity contribution in [2.75, 3.05) is 24.6 Å². The number of phenolic OH excluding ortho intramolecular Hbond substituents is 1. The summed E-state index contributed by atoms with van der Waals surface area (Å²) in [4.78, 5) is 27.5. The lowest BCUT2D eigenvalue weighted by molar-refractivity contribution is -0.132. The Bertz CT molecular complexity index is 932. The van der Waals surface area contributed by atoms with E-state index in [1.807, 2.05) is 11.0 Å². The van der Waals surface area contributed by atoms with E-state index in [1.54, 1.807) is 24.3 Å². The molecule has 0 aliphatic carbocycles. The molecule has 0 unspecified atom stereocenters. The number of esters is 1. The second-order valence-corrected chi connectivity index (χ2v) is 7.50. The zero-order valence-corrected chi connectivity index (χ0v) is 16.6.